The molecule has 0 radical (unpaired) electrons. The van der Waals surface area contributed by atoms with Gasteiger partial charge in [0.15, 0.2) is 0 Å². The molecule has 168 valence electrons. The minimum Gasteiger partial charge on any atom is -0.369 e. The summed E-state index contributed by atoms with van der Waals surface area (Å²) in [5, 5.41) is 8.52. The van der Waals surface area contributed by atoms with Crippen LogP contribution in [0, 0.1) is 13.8 Å². The van der Waals surface area contributed by atoms with Crippen molar-refractivity contribution < 1.29 is 4.79 Å². The van der Waals surface area contributed by atoms with Crippen molar-refractivity contribution in [3.8, 4) is 0 Å². The molecule has 0 unspecified atom stereocenters. The highest BCUT2D eigenvalue weighted by molar-refractivity contribution is 6.30. The van der Waals surface area contributed by atoms with Crippen molar-refractivity contribution in [2.45, 2.75) is 26.9 Å². The van der Waals surface area contributed by atoms with Crippen molar-refractivity contribution in [1.29, 1.82) is 0 Å². The Morgan fingerprint density at radius 2 is 1.69 bits per heavy atom. The molecule has 0 bridgehead atoms. The van der Waals surface area contributed by atoms with Crippen molar-refractivity contribution in [2.75, 3.05) is 37.6 Å². The topological polar surface area (TPSA) is 53.4 Å². The van der Waals surface area contributed by atoms with E-state index in [1.807, 2.05) is 54.1 Å². The molecule has 3 aromatic rings. The number of carbonyl (C=O) groups is 1. The van der Waals surface area contributed by atoms with Crippen molar-refractivity contribution >= 4 is 23.2 Å². The van der Waals surface area contributed by atoms with Crippen LogP contribution in [0.25, 0.3) is 0 Å². The highest BCUT2D eigenvalue weighted by atomic mass is 35.5. The molecule has 1 amide bonds. The Labute approximate surface area is 194 Å². The number of nitrogens with one attached hydrogen (secondary N) is 1. The van der Waals surface area contributed by atoms with Crippen molar-refractivity contribution in [1.82, 2.24) is 20.0 Å². The summed E-state index contributed by atoms with van der Waals surface area (Å²) >= 11 is 5.99. The lowest BCUT2D eigenvalue weighted by Gasteiger charge is -2.35. The van der Waals surface area contributed by atoms with Gasteiger partial charge in [0, 0.05) is 54.7 Å². The van der Waals surface area contributed by atoms with E-state index in [1.54, 1.807) is 0 Å². The van der Waals surface area contributed by atoms with E-state index in [0.29, 0.717) is 13.1 Å². The summed E-state index contributed by atoms with van der Waals surface area (Å²) in [7, 11) is 0. The van der Waals surface area contributed by atoms with Gasteiger partial charge in [0.2, 0.25) is 5.91 Å². The molecule has 1 aromatic heterocycles. The van der Waals surface area contributed by atoms with Crippen LogP contribution in [0.1, 0.15) is 22.5 Å². The number of hydrogen-bond acceptors (Lipinski definition) is 4. The summed E-state index contributed by atoms with van der Waals surface area (Å²) in [6, 6.07) is 18.2. The van der Waals surface area contributed by atoms with E-state index >= 15 is 0 Å². The number of carbonyl (C=O) groups excluding carboxylic acids is 1. The molecular formula is C25H30ClN5O. The molecule has 0 atom stereocenters. The van der Waals surface area contributed by atoms with Crippen molar-refractivity contribution in [2.24, 2.45) is 0 Å². The first-order chi connectivity index (χ1) is 15.5. The molecule has 32 heavy (non-hydrogen) atoms. The standard InChI is InChI=1S/C25H30ClN5O/c1-19-24(20(2)31(28-19)17-21-6-4-3-5-7-21)16-27-25(32)18-29-12-14-30(15-13-29)23-10-8-22(26)9-11-23/h3-11H,12-18H2,1-2H3,(H,27,32). The maximum atomic E-state index is 12.6. The van der Waals surface area contributed by atoms with Crippen LogP contribution in [-0.2, 0) is 17.9 Å². The second-order valence-electron chi connectivity index (χ2n) is 8.31. The number of halogens is 1. The van der Waals surface area contributed by atoms with Gasteiger partial charge in [0.25, 0.3) is 0 Å². The van der Waals surface area contributed by atoms with Crippen LogP contribution in [-0.4, -0.2) is 53.3 Å². The fourth-order valence-corrected chi connectivity index (χ4v) is 4.29. The zero-order valence-electron chi connectivity index (χ0n) is 18.7. The van der Waals surface area contributed by atoms with Crippen molar-refractivity contribution in [3.63, 3.8) is 0 Å². The van der Waals surface area contributed by atoms with Crippen LogP contribution < -0.4 is 10.2 Å². The van der Waals surface area contributed by atoms with Gasteiger partial charge in [-0.15, -0.1) is 0 Å². The normalized spacial score (nSPS) is 14.5. The average molecular weight is 452 g/mol. The lowest BCUT2D eigenvalue weighted by Crippen LogP contribution is -2.49. The molecule has 7 heteroatoms. The van der Waals surface area contributed by atoms with Crippen molar-refractivity contribution in [3.05, 3.63) is 82.1 Å². The number of aromatic nitrogens is 2. The molecule has 0 saturated carbocycles. The quantitative estimate of drug-likeness (QED) is 0.596. The highest BCUT2D eigenvalue weighted by Crippen LogP contribution is 2.19. The summed E-state index contributed by atoms with van der Waals surface area (Å²) in [5.41, 5.74) is 5.56. The maximum absolute atomic E-state index is 12.6. The maximum Gasteiger partial charge on any atom is 0.234 e. The molecule has 2 heterocycles. The van der Waals surface area contributed by atoms with Gasteiger partial charge < -0.3 is 10.2 Å². The summed E-state index contributed by atoms with van der Waals surface area (Å²) in [6.45, 7) is 9.28. The Morgan fingerprint density at radius 3 is 2.38 bits per heavy atom. The lowest BCUT2D eigenvalue weighted by molar-refractivity contribution is -0.122. The number of benzene rings is 2. The Balaban J connectivity index is 1.26. The van der Waals surface area contributed by atoms with Crippen LogP contribution in [0.5, 0.6) is 0 Å². The number of hydrogen-bond donors (Lipinski definition) is 1. The zero-order valence-corrected chi connectivity index (χ0v) is 19.5. The van der Waals surface area contributed by atoms with Crippen LogP contribution in [0.4, 0.5) is 5.69 Å². The molecule has 1 fully saturated rings. The molecule has 6 nitrogen and oxygen atoms in total. The highest BCUT2D eigenvalue weighted by Gasteiger charge is 2.20. The molecule has 1 saturated heterocycles. The van der Waals surface area contributed by atoms with E-state index in [1.165, 1.54) is 11.3 Å². The lowest BCUT2D eigenvalue weighted by atomic mass is 10.2. The molecule has 1 aliphatic rings. The molecular weight excluding hydrogens is 422 g/mol. The first kappa shape index (κ1) is 22.4. The van der Waals surface area contributed by atoms with Gasteiger partial charge >= 0.3 is 0 Å². The summed E-state index contributed by atoms with van der Waals surface area (Å²) in [5.74, 6) is 0.0551. The smallest absolute Gasteiger partial charge is 0.234 e. The number of aryl methyl sites for hydroxylation is 1. The second kappa shape index (κ2) is 10.2. The fraction of sp³-hybridized carbons (Fsp3) is 0.360. The zero-order chi connectivity index (χ0) is 22.5. The van der Waals surface area contributed by atoms with E-state index in [0.717, 1.165) is 54.7 Å². The van der Waals surface area contributed by atoms with Crippen LogP contribution in [0.15, 0.2) is 54.6 Å². The molecule has 1 N–H and O–H groups in total. The van der Waals surface area contributed by atoms with Gasteiger partial charge in [0.05, 0.1) is 18.8 Å². The Kier molecular flexibility index (Phi) is 7.12. The SMILES string of the molecule is Cc1nn(Cc2ccccc2)c(C)c1CNC(=O)CN1CCN(c2ccc(Cl)cc2)CC1. The minimum atomic E-state index is 0.0551. The second-order valence-corrected chi connectivity index (χ2v) is 8.75. The predicted octanol–water partition coefficient (Wildman–Crippen LogP) is 3.64. The number of rotatable bonds is 7. The Morgan fingerprint density at radius 1 is 1.00 bits per heavy atom. The van der Waals surface area contributed by atoms with E-state index < -0.39 is 0 Å². The van der Waals surface area contributed by atoms with Crippen LogP contribution >= 0.6 is 11.6 Å². The Hall–Kier alpha value is -2.83. The summed E-state index contributed by atoms with van der Waals surface area (Å²) in [4.78, 5) is 17.1. The van der Waals surface area contributed by atoms with Gasteiger partial charge in [-0.2, -0.15) is 5.10 Å². The van der Waals surface area contributed by atoms with E-state index in [2.05, 4.69) is 39.3 Å². The number of anilines is 1. The third-order valence-electron chi connectivity index (χ3n) is 6.10. The van der Waals surface area contributed by atoms with Gasteiger partial charge in [-0.3, -0.25) is 14.4 Å². The third-order valence-corrected chi connectivity index (χ3v) is 6.35. The Bertz CT molecular complexity index is 1040. The van der Waals surface area contributed by atoms with E-state index in [4.69, 9.17) is 11.6 Å². The number of nitrogens with zero attached hydrogens (tertiary/aromatic N) is 4. The summed E-state index contributed by atoms with van der Waals surface area (Å²) < 4.78 is 2.02. The van der Waals surface area contributed by atoms with E-state index in [9.17, 15) is 4.79 Å². The minimum absolute atomic E-state index is 0.0551. The van der Waals surface area contributed by atoms with Gasteiger partial charge in [-0.25, -0.2) is 0 Å². The average Bonchev–Trinajstić information content (AvgIpc) is 3.06. The van der Waals surface area contributed by atoms with Gasteiger partial charge in [-0.1, -0.05) is 41.9 Å². The molecule has 2 aromatic carbocycles. The monoisotopic (exact) mass is 451 g/mol. The largest absolute Gasteiger partial charge is 0.369 e. The van der Waals surface area contributed by atoms with Gasteiger partial charge in [-0.05, 0) is 43.7 Å². The van der Waals surface area contributed by atoms with Crippen LogP contribution in [0.3, 0.4) is 0 Å². The third kappa shape index (κ3) is 5.50. The number of piperazine rings is 1. The van der Waals surface area contributed by atoms with E-state index in [-0.39, 0.29) is 5.91 Å². The predicted molar refractivity (Wildman–Crippen MR) is 129 cm³/mol. The van der Waals surface area contributed by atoms with Crippen LogP contribution in [0.2, 0.25) is 5.02 Å². The fourth-order valence-electron chi connectivity index (χ4n) is 4.16. The molecule has 4 rings (SSSR count). The molecule has 0 spiro atoms. The molecule has 0 aliphatic carbocycles. The van der Waals surface area contributed by atoms with Gasteiger partial charge in [0.1, 0.15) is 0 Å². The number of amides is 1. The molecule has 1 aliphatic heterocycles. The summed E-state index contributed by atoms with van der Waals surface area (Å²) in [6.07, 6.45) is 0. The first-order valence-electron chi connectivity index (χ1n) is 11.1. The first-order valence-corrected chi connectivity index (χ1v) is 11.4.